The standard InChI is InChI=1S/C19H17ClN2O3/c1-25-16-10-9-14(20)17-11-6-4-7-12(11)18(21-19(16)17)13-5-2-3-8-15(13)22(23)24/h2-6,8-12,18,21H,7H2,1H3/t11-,12-,18-/m0/s1. The number of rotatable bonds is 3. The van der Waals surface area contributed by atoms with Crippen molar-refractivity contribution in [3.63, 3.8) is 0 Å². The molecule has 4 rings (SSSR count). The van der Waals surface area contributed by atoms with Crippen molar-refractivity contribution in [3.05, 3.63) is 74.8 Å². The maximum absolute atomic E-state index is 11.5. The highest BCUT2D eigenvalue weighted by Gasteiger charge is 2.42. The minimum atomic E-state index is -0.320. The fourth-order valence-corrected chi connectivity index (χ4v) is 4.32. The van der Waals surface area contributed by atoms with Gasteiger partial charge in [0.1, 0.15) is 5.75 Å². The summed E-state index contributed by atoms with van der Waals surface area (Å²) in [7, 11) is 1.61. The van der Waals surface area contributed by atoms with Gasteiger partial charge in [-0.25, -0.2) is 0 Å². The number of ether oxygens (including phenoxy) is 1. The van der Waals surface area contributed by atoms with E-state index in [2.05, 4.69) is 17.5 Å². The summed E-state index contributed by atoms with van der Waals surface area (Å²) < 4.78 is 5.50. The molecule has 5 nitrogen and oxygen atoms in total. The van der Waals surface area contributed by atoms with E-state index in [0.29, 0.717) is 16.3 Å². The van der Waals surface area contributed by atoms with Crippen LogP contribution in [0.3, 0.4) is 0 Å². The molecule has 2 aliphatic rings. The summed E-state index contributed by atoms with van der Waals surface area (Å²) in [5, 5.41) is 15.7. The van der Waals surface area contributed by atoms with Crippen LogP contribution in [0, 0.1) is 16.0 Å². The van der Waals surface area contributed by atoms with Crippen LogP contribution in [0.25, 0.3) is 0 Å². The Morgan fingerprint density at radius 1 is 1.28 bits per heavy atom. The summed E-state index contributed by atoms with van der Waals surface area (Å²) in [4.78, 5) is 11.2. The van der Waals surface area contributed by atoms with Gasteiger partial charge in [0.25, 0.3) is 5.69 Å². The molecule has 0 saturated carbocycles. The summed E-state index contributed by atoms with van der Waals surface area (Å²) in [6, 6.07) is 10.4. The number of allylic oxidation sites excluding steroid dienone is 2. The number of para-hydroxylation sites is 1. The van der Waals surface area contributed by atoms with E-state index in [4.69, 9.17) is 16.3 Å². The number of hydrogen-bond acceptors (Lipinski definition) is 4. The van der Waals surface area contributed by atoms with Crippen molar-refractivity contribution in [2.45, 2.75) is 18.4 Å². The average molecular weight is 357 g/mol. The monoisotopic (exact) mass is 356 g/mol. The number of fused-ring (bicyclic) bond motifs is 3. The first-order valence-corrected chi connectivity index (χ1v) is 8.52. The van der Waals surface area contributed by atoms with Gasteiger partial charge in [-0.3, -0.25) is 10.1 Å². The van der Waals surface area contributed by atoms with Crippen molar-refractivity contribution in [2.75, 3.05) is 12.4 Å². The first-order valence-electron chi connectivity index (χ1n) is 8.14. The molecule has 1 aliphatic carbocycles. The number of anilines is 1. The molecule has 0 amide bonds. The summed E-state index contributed by atoms with van der Waals surface area (Å²) in [6.45, 7) is 0. The third-order valence-electron chi connectivity index (χ3n) is 5.12. The van der Waals surface area contributed by atoms with E-state index >= 15 is 0 Å². The largest absolute Gasteiger partial charge is 0.495 e. The van der Waals surface area contributed by atoms with Gasteiger partial charge in [0, 0.05) is 22.6 Å². The molecule has 0 saturated heterocycles. The predicted molar refractivity (Wildman–Crippen MR) is 97.5 cm³/mol. The minimum Gasteiger partial charge on any atom is -0.495 e. The van der Waals surface area contributed by atoms with Crippen molar-refractivity contribution in [2.24, 2.45) is 5.92 Å². The van der Waals surface area contributed by atoms with E-state index in [1.807, 2.05) is 24.3 Å². The quantitative estimate of drug-likeness (QED) is 0.473. The van der Waals surface area contributed by atoms with E-state index < -0.39 is 0 Å². The zero-order chi connectivity index (χ0) is 17.6. The van der Waals surface area contributed by atoms with Crippen LogP contribution in [0.4, 0.5) is 11.4 Å². The van der Waals surface area contributed by atoms with Gasteiger partial charge in [0.15, 0.2) is 0 Å². The Kier molecular flexibility index (Phi) is 3.88. The Morgan fingerprint density at radius 3 is 2.84 bits per heavy atom. The molecule has 0 spiro atoms. The lowest BCUT2D eigenvalue weighted by Crippen LogP contribution is -2.30. The van der Waals surface area contributed by atoms with Crippen LogP contribution in [0.5, 0.6) is 5.75 Å². The van der Waals surface area contributed by atoms with Crippen molar-refractivity contribution < 1.29 is 9.66 Å². The molecule has 6 heteroatoms. The van der Waals surface area contributed by atoms with Gasteiger partial charge in [0.05, 0.1) is 29.3 Å². The molecule has 2 aromatic rings. The van der Waals surface area contributed by atoms with E-state index in [1.165, 1.54) is 0 Å². The molecule has 0 fully saturated rings. The second-order valence-electron chi connectivity index (χ2n) is 6.33. The minimum absolute atomic E-state index is 0.115. The average Bonchev–Trinajstić information content (AvgIpc) is 3.10. The van der Waals surface area contributed by atoms with Gasteiger partial charge in [0.2, 0.25) is 0 Å². The predicted octanol–water partition coefficient (Wildman–Crippen LogP) is 5.08. The molecule has 0 radical (unpaired) electrons. The SMILES string of the molecule is COc1ccc(Cl)c2c1N[C@H](c1ccccc1[N+](=O)[O-])[C@H]1CC=C[C@H]21. The molecular weight excluding hydrogens is 340 g/mol. The lowest BCUT2D eigenvalue weighted by molar-refractivity contribution is -0.385. The second-order valence-corrected chi connectivity index (χ2v) is 6.74. The number of methoxy groups -OCH3 is 1. The normalized spacial score (nSPS) is 23.5. The van der Waals surface area contributed by atoms with Crippen LogP contribution in [0.2, 0.25) is 5.02 Å². The number of nitro benzene ring substituents is 1. The molecular formula is C19H17ClN2O3. The Labute approximate surface area is 150 Å². The highest BCUT2D eigenvalue weighted by atomic mass is 35.5. The van der Waals surface area contributed by atoms with Crippen molar-refractivity contribution >= 4 is 23.0 Å². The Hall–Kier alpha value is -2.53. The van der Waals surface area contributed by atoms with Crippen LogP contribution in [-0.2, 0) is 0 Å². The van der Waals surface area contributed by atoms with E-state index in [0.717, 1.165) is 17.7 Å². The molecule has 128 valence electrons. The number of nitro groups is 1. The zero-order valence-corrected chi connectivity index (χ0v) is 14.4. The first kappa shape index (κ1) is 16.0. The van der Waals surface area contributed by atoms with Gasteiger partial charge in [-0.1, -0.05) is 42.0 Å². The molecule has 1 heterocycles. The van der Waals surface area contributed by atoms with Gasteiger partial charge in [-0.05, 0) is 24.5 Å². The summed E-state index contributed by atoms with van der Waals surface area (Å²) >= 11 is 6.48. The third kappa shape index (κ3) is 2.46. The molecule has 0 aromatic heterocycles. The Morgan fingerprint density at radius 2 is 2.08 bits per heavy atom. The maximum Gasteiger partial charge on any atom is 0.274 e. The summed E-state index contributed by atoms with van der Waals surface area (Å²) in [5.74, 6) is 0.989. The first-order chi connectivity index (χ1) is 12.1. The van der Waals surface area contributed by atoms with Gasteiger partial charge in [-0.2, -0.15) is 0 Å². The molecule has 0 unspecified atom stereocenters. The van der Waals surface area contributed by atoms with Crippen LogP contribution in [0.1, 0.15) is 29.5 Å². The van der Waals surface area contributed by atoms with Crippen molar-refractivity contribution in [1.82, 2.24) is 0 Å². The number of benzene rings is 2. The van der Waals surface area contributed by atoms with Crippen molar-refractivity contribution in [3.8, 4) is 5.75 Å². The Balaban J connectivity index is 1.89. The van der Waals surface area contributed by atoms with Crippen molar-refractivity contribution in [1.29, 1.82) is 0 Å². The molecule has 25 heavy (non-hydrogen) atoms. The van der Waals surface area contributed by atoms with Crippen LogP contribution in [-0.4, -0.2) is 12.0 Å². The smallest absolute Gasteiger partial charge is 0.274 e. The van der Waals surface area contributed by atoms with Gasteiger partial charge in [-0.15, -0.1) is 0 Å². The van der Waals surface area contributed by atoms with E-state index in [1.54, 1.807) is 19.2 Å². The highest BCUT2D eigenvalue weighted by molar-refractivity contribution is 6.32. The number of nitrogens with one attached hydrogen (secondary N) is 1. The molecule has 1 N–H and O–H groups in total. The van der Waals surface area contributed by atoms with Crippen LogP contribution in [0.15, 0.2) is 48.6 Å². The lowest BCUT2D eigenvalue weighted by atomic mass is 9.76. The molecule has 0 bridgehead atoms. The topological polar surface area (TPSA) is 64.4 Å². The van der Waals surface area contributed by atoms with E-state index in [-0.39, 0.29) is 28.5 Å². The van der Waals surface area contributed by atoms with Crippen LogP contribution < -0.4 is 10.1 Å². The van der Waals surface area contributed by atoms with Gasteiger partial charge < -0.3 is 10.1 Å². The summed E-state index contributed by atoms with van der Waals surface area (Å²) in [6.07, 6.45) is 5.13. The van der Waals surface area contributed by atoms with Gasteiger partial charge >= 0.3 is 0 Å². The molecule has 2 aromatic carbocycles. The molecule has 1 aliphatic heterocycles. The zero-order valence-electron chi connectivity index (χ0n) is 13.6. The second kappa shape index (κ2) is 6.08. The van der Waals surface area contributed by atoms with E-state index in [9.17, 15) is 10.1 Å². The third-order valence-corrected chi connectivity index (χ3v) is 5.45. The van der Waals surface area contributed by atoms with Crippen LogP contribution >= 0.6 is 11.6 Å². The number of nitrogens with zero attached hydrogens (tertiary/aromatic N) is 1. The number of halogens is 1. The lowest BCUT2D eigenvalue weighted by Gasteiger charge is -2.38. The molecule has 3 atom stereocenters. The maximum atomic E-state index is 11.5. The fraction of sp³-hybridized carbons (Fsp3) is 0.263. The highest BCUT2D eigenvalue weighted by Crippen LogP contribution is 2.55. The fourth-order valence-electron chi connectivity index (χ4n) is 4.03. The number of hydrogen-bond donors (Lipinski definition) is 1. The summed E-state index contributed by atoms with van der Waals surface area (Å²) in [5.41, 5.74) is 2.66. The Bertz CT molecular complexity index is 881.